The van der Waals surface area contributed by atoms with Gasteiger partial charge in [-0.1, -0.05) is 23.7 Å². The number of halogens is 1. The van der Waals surface area contributed by atoms with Gasteiger partial charge in [0.25, 0.3) is 0 Å². The molecular formula is C19H15ClN4O2. The largest absolute Gasteiger partial charge is 0.478 e. The van der Waals surface area contributed by atoms with Crippen LogP contribution in [0.3, 0.4) is 0 Å². The smallest absolute Gasteiger partial charge is 0.335 e. The minimum atomic E-state index is -0.985. The Bertz CT molecular complexity index is 1150. The lowest BCUT2D eigenvalue weighted by molar-refractivity contribution is 0.0697. The lowest BCUT2D eigenvalue weighted by Gasteiger charge is -2.11. The van der Waals surface area contributed by atoms with Crippen LogP contribution in [0.25, 0.3) is 16.6 Å². The first kappa shape index (κ1) is 16.4. The van der Waals surface area contributed by atoms with Crippen LogP contribution in [0, 0.1) is 6.92 Å². The third-order valence-corrected chi connectivity index (χ3v) is 4.34. The lowest BCUT2D eigenvalue weighted by Crippen LogP contribution is -2.07. The van der Waals surface area contributed by atoms with Crippen LogP contribution in [0.5, 0.6) is 0 Å². The highest BCUT2D eigenvalue weighted by Gasteiger charge is 2.13. The molecule has 0 spiro atoms. The van der Waals surface area contributed by atoms with Crippen molar-refractivity contribution >= 4 is 40.1 Å². The van der Waals surface area contributed by atoms with Gasteiger partial charge in [0.2, 0.25) is 5.95 Å². The molecule has 0 aliphatic heterocycles. The molecule has 0 saturated heterocycles. The van der Waals surface area contributed by atoms with Gasteiger partial charge in [0.1, 0.15) is 5.65 Å². The van der Waals surface area contributed by atoms with Crippen molar-refractivity contribution in [3.63, 3.8) is 0 Å². The lowest BCUT2D eigenvalue weighted by atomic mass is 10.1. The summed E-state index contributed by atoms with van der Waals surface area (Å²) in [6.07, 6.45) is 1.90. The predicted octanol–water partition coefficient (Wildman–Crippen LogP) is 4.15. The quantitative estimate of drug-likeness (QED) is 0.567. The number of nitrogens with one attached hydrogen (secondary N) is 1. The molecule has 0 aliphatic rings. The third kappa shape index (κ3) is 2.95. The number of benzene rings is 2. The van der Waals surface area contributed by atoms with Crippen LogP contribution in [0.4, 0.5) is 5.95 Å². The van der Waals surface area contributed by atoms with Gasteiger partial charge >= 0.3 is 5.97 Å². The Hall–Kier alpha value is -3.12. The van der Waals surface area contributed by atoms with Gasteiger partial charge in [0.15, 0.2) is 0 Å². The summed E-state index contributed by atoms with van der Waals surface area (Å²) in [6, 6.07) is 12.4. The summed E-state index contributed by atoms with van der Waals surface area (Å²) < 4.78 is 1.88. The Morgan fingerprint density at radius 1 is 1.23 bits per heavy atom. The maximum Gasteiger partial charge on any atom is 0.335 e. The number of carboxylic acid groups (broad SMARTS) is 1. The monoisotopic (exact) mass is 366 g/mol. The molecule has 26 heavy (non-hydrogen) atoms. The molecule has 0 atom stereocenters. The van der Waals surface area contributed by atoms with Crippen LogP contribution < -0.4 is 5.32 Å². The molecule has 0 radical (unpaired) electrons. The predicted molar refractivity (Wildman–Crippen MR) is 101 cm³/mol. The van der Waals surface area contributed by atoms with Crippen LogP contribution in [0.2, 0.25) is 5.02 Å². The highest BCUT2D eigenvalue weighted by atomic mass is 35.5. The van der Waals surface area contributed by atoms with E-state index in [0.29, 0.717) is 23.0 Å². The number of aromatic carboxylic acids is 1. The standard InChI is InChI=1S/C19H15ClN4O2/c1-11-10-24-17(22-11)15-6-5-13(18(25)26)8-16(15)23-19(24)21-9-12-3-2-4-14(20)7-12/h2-8,10H,9H2,1H3,(H,21,23)(H,25,26). The molecule has 7 heteroatoms. The van der Waals surface area contributed by atoms with Gasteiger partial charge in [0.05, 0.1) is 16.8 Å². The average molecular weight is 367 g/mol. The molecule has 4 aromatic rings. The molecule has 0 amide bonds. The summed E-state index contributed by atoms with van der Waals surface area (Å²) in [5.41, 5.74) is 3.38. The van der Waals surface area contributed by atoms with Gasteiger partial charge in [-0.2, -0.15) is 0 Å². The van der Waals surface area contributed by atoms with Crippen LogP contribution in [-0.4, -0.2) is 25.4 Å². The number of carbonyl (C=O) groups is 1. The number of imidazole rings is 1. The molecule has 0 aliphatic carbocycles. The highest BCUT2D eigenvalue weighted by Crippen LogP contribution is 2.24. The van der Waals surface area contributed by atoms with Crippen molar-refractivity contribution in [1.82, 2.24) is 14.4 Å². The molecule has 2 aromatic carbocycles. The molecule has 130 valence electrons. The molecule has 2 N–H and O–H groups in total. The average Bonchev–Trinajstić information content (AvgIpc) is 3.01. The number of rotatable bonds is 4. The number of aryl methyl sites for hydroxylation is 1. The third-order valence-electron chi connectivity index (χ3n) is 4.11. The minimum absolute atomic E-state index is 0.193. The molecule has 2 aromatic heterocycles. The molecule has 6 nitrogen and oxygen atoms in total. The van der Waals surface area contributed by atoms with E-state index in [0.717, 1.165) is 22.3 Å². The first-order valence-electron chi connectivity index (χ1n) is 8.02. The van der Waals surface area contributed by atoms with Gasteiger partial charge in [-0.15, -0.1) is 0 Å². The number of hydrogen-bond donors (Lipinski definition) is 2. The van der Waals surface area contributed by atoms with Gasteiger partial charge in [-0.25, -0.2) is 14.8 Å². The van der Waals surface area contributed by atoms with Crippen molar-refractivity contribution in [2.75, 3.05) is 5.32 Å². The number of hydrogen-bond acceptors (Lipinski definition) is 4. The van der Waals surface area contributed by atoms with Crippen LogP contribution in [0.15, 0.2) is 48.7 Å². The topological polar surface area (TPSA) is 79.5 Å². The van der Waals surface area contributed by atoms with Crippen LogP contribution >= 0.6 is 11.6 Å². The molecule has 0 saturated carbocycles. The van der Waals surface area contributed by atoms with E-state index in [1.807, 2.05) is 41.8 Å². The number of carboxylic acids is 1. The second-order valence-corrected chi connectivity index (χ2v) is 6.47. The normalized spacial score (nSPS) is 11.2. The van der Waals surface area contributed by atoms with Crippen molar-refractivity contribution in [2.24, 2.45) is 0 Å². The summed E-state index contributed by atoms with van der Waals surface area (Å²) in [5, 5.41) is 14.0. The fourth-order valence-electron chi connectivity index (χ4n) is 2.92. The Morgan fingerprint density at radius 3 is 2.85 bits per heavy atom. The summed E-state index contributed by atoms with van der Waals surface area (Å²) in [6.45, 7) is 2.44. The number of anilines is 1. The van der Waals surface area contributed by atoms with Crippen molar-refractivity contribution in [3.8, 4) is 0 Å². The first-order chi connectivity index (χ1) is 12.5. The van der Waals surface area contributed by atoms with Crippen LogP contribution in [-0.2, 0) is 6.54 Å². The zero-order valence-corrected chi connectivity index (χ0v) is 14.7. The van der Waals surface area contributed by atoms with Gasteiger partial charge < -0.3 is 10.4 Å². The highest BCUT2D eigenvalue weighted by molar-refractivity contribution is 6.30. The van der Waals surface area contributed by atoms with Gasteiger partial charge in [0, 0.05) is 23.2 Å². The van der Waals surface area contributed by atoms with Crippen molar-refractivity contribution < 1.29 is 9.90 Å². The fraction of sp³-hybridized carbons (Fsp3) is 0.105. The van der Waals surface area contributed by atoms with Gasteiger partial charge in [-0.3, -0.25) is 4.40 Å². The SMILES string of the molecule is Cc1cn2c(NCc3cccc(Cl)c3)nc3cc(C(=O)O)ccc3c2n1. The van der Waals surface area contributed by atoms with E-state index < -0.39 is 5.97 Å². The molecule has 2 heterocycles. The second-order valence-electron chi connectivity index (χ2n) is 6.03. The van der Waals surface area contributed by atoms with Crippen molar-refractivity contribution in [2.45, 2.75) is 13.5 Å². The summed E-state index contributed by atoms with van der Waals surface area (Å²) >= 11 is 6.04. The first-order valence-corrected chi connectivity index (χ1v) is 8.40. The maximum absolute atomic E-state index is 11.3. The minimum Gasteiger partial charge on any atom is -0.478 e. The number of nitrogens with zero attached hydrogens (tertiary/aromatic N) is 3. The Labute approximate surface area is 154 Å². The van der Waals surface area contributed by atoms with Crippen molar-refractivity contribution in [1.29, 1.82) is 0 Å². The van der Waals surface area contributed by atoms with E-state index in [1.54, 1.807) is 18.2 Å². The van der Waals surface area contributed by atoms with Gasteiger partial charge in [-0.05, 0) is 42.8 Å². The Kier molecular flexibility index (Phi) is 3.97. The zero-order valence-electron chi connectivity index (χ0n) is 13.9. The van der Waals surface area contributed by atoms with E-state index >= 15 is 0 Å². The number of aromatic nitrogens is 3. The van der Waals surface area contributed by atoms with E-state index in [1.165, 1.54) is 0 Å². The molecule has 0 bridgehead atoms. The van der Waals surface area contributed by atoms with E-state index in [2.05, 4.69) is 15.3 Å². The Morgan fingerprint density at radius 2 is 2.08 bits per heavy atom. The molecule has 0 fully saturated rings. The zero-order chi connectivity index (χ0) is 18.3. The second kappa shape index (κ2) is 6.31. The fourth-order valence-corrected chi connectivity index (χ4v) is 3.13. The summed E-state index contributed by atoms with van der Waals surface area (Å²) in [4.78, 5) is 20.4. The van der Waals surface area contributed by atoms with Crippen LogP contribution in [0.1, 0.15) is 21.6 Å². The molecular weight excluding hydrogens is 352 g/mol. The molecule has 0 unspecified atom stereocenters. The Balaban J connectivity index is 1.82. The van der Waals surface area contributed by atoms with E-state index in [9.17, 15) is 9.90 Å². The van der Waals surface area contributed by atoms with E-state index in [4.69, 9.17) is 11.6 Å². The summed E-state index contributed by atoms with van der Waals surface area (Å²) in [7, 11) is 0. The summed E-state index contributed by atoms with van der Waals surface area (Å²) in [5.74, 6) is -0.392. The maximum atomic E-state index is 11.3. The van der Waals surface area contributed by atoms with Crippen molar-refractivity contribution in [3.05, 3.63) is 70.5 Å². The van der Waals surface area contributed by atoms with E-state index in [-0.39, 0.29) is 5.56 Å². The number of fused-ring (bicyclic) bond motifs is 3. The molecule has 4 rings (SSSR count).